The van der Waals surface area contributed by atoms with Crippen molar-refractivity contribution >= 4 is 32.9 Å². The second-order valence-corrected chi connectivity index (χ2v) is 10.5. The van der Waals surface area contributed by atoms with Crippen LogP contribution in [0.3, 0.4) is 0 Å². The van der Waals surface area contributed by atoms with Gasteiger partial charge < -0.3 is 4.42 Å². The Morgan fingerprint density at radius 3 is 3.00 bits per heavy atom. The molecule has 1 fully saturated rings. The number of benzene rings is 1. The number of oxazole rings is 1. The molecule has 9 nitrogen and oxygen atoms in total. The number of aromatic amines is 1. The van der Waals surface area contributed by atoms with Gasteiger partial charge in [-0.3, -0.25) is 9.78 Å². The largest absolute Gasteiger partial charge is 0.417 e. The van der Waals surface area contributed by atoms with Crippen LogP contribution in [0.1, 0.15) is 24.1 Å². The van der Waals surface area contributed by atoms with E-state index in [1.165, 1.54) is 27.2 Å². The summed E-state index contributed by atoms with van der Waals surface area (Å²) in [6, 6.07) is 5.59. The highest BCUT2D eigenvalue weighted by Crippen LogP contribution is 2.28. The molecule has 2 aliphatic rings. The van der Waals surface area contributed by atoms with Gasteiger partial charge in [0.1, 0.15) is 0 Å². The van der Waals surface area contributed by atoms with E-state index in [1.807, 2.05) is 0 Å². The molecular formula is C19H20N4O5S2. The lowest BCUT2D eigenvalue weighted by atomic mass is 10.2. The Kier molecular flexibility index (Phi) is 4.83. The summed E-state index contributed by atoms with van der Waals surface area (Å²) in [5.41, 5.74) is 2.35. The van der Waals surface area contributed by atoms with Crippen molar-refractivity contribution < 1.29 is 12.8 Å². The summed E-state index contributed by atoms with van der Waals surface area (Å²) in [6.45, 7) is 0.604. The van der Waals surface area contributed by atoms with Gasteiger partial charge in [-0.1, -0.05) is 0 Å². The van der Waals surface area contributed by atoms with Crippen molar-refractivity contribution in [1.82, 2.24) is 19.1 Å². The summed E-state index contributed by atoms with van der Waals surface area (Å²) in [5, 5.41) is 4.53. The Hall–Kier alpha value is -2.37. The van der Waals surface area contributed by atoms with Crippen molar-refractivity contribution in [1.29, 1.82) is 0 Å². The molecular weight excluding hydrogens is 428 g/mol. The quantitative estimate of drug-likeness (QED) is 0.639. The molecule has 0 amide bonds. The number of H-pyrrole nitrogens is 1. The molecule has 0 radical (unpaired) electrons. The fourth-order valence-electron chi connectivity index (χ4n) is 4.12. The molecule has 1 N–H and O–H groups in total. The molecule has 1 saturated heterocycles. The second kappa shape index (κ2) is 7.40. The molecule has 5 rings (SSSR count). The van der Waals surface area contributed by atoms with Crippen LogP contribution in [0.25, 0.3) is 11.1 Å². The molecule has 4 heterocycles. The Balaban J connectivity index is 1.45. The summed E-state index contributed by atoms with van der Waals surface area (Å²) in [4.78, 5) is 26.5. The molecule has 1 atom stereocenters. The van der Waals surface area contributed by atoms with Gasteiger partial charge in [-0.2, -0.15) is 21.2 Å². The van der Waals surface area contributed by atoms with Gasteiger partial charge >= 0.3 is 5.76 Å². The van der Waals surface area contributed by atoms with Crippen molar-refractivity contribution in [2.75, 3.05) is 12.3 Å². The van der Waals surface area contributed by atoms with E-state index in [9.17, 15) is 18.0 Å². The fraction of sp³-hybridized carbons (Fsp3) is 0.421. The number of nitrogens with zero attached hydrogens (tertiary/aromatic N) is 3. The van der Waals surface area contributed by atoms with E-state index in [2.05, 4.69) is 10.1 Å². The zero-order valence-corrected chi connectivity index (χ0v) is 17.7. The first-order chi connectivity index (χ1) is 14.4. The van der Waals surface area contributed by atoms with Gasteiger partial charge in [0.25, 0.3) is 5.56 Å². The highest BCUT2D eigenvalue weighted by Gasteiger charge is 2.36. The first-order valence-corrected chi connectivity index (χ1v) is 12.3. The molecule has 0 bridgehead atoms. The summed E-state index contributed by atoms with van der Waals surface area (Å²) >= 11 is 1.78. The molecule has 158 valence electrons. The molecule has 0 spiro atoms. The monoisotopic (exact) mass is 448 g/mol. The minimum atomic E-state index is -3.80. The Labute approximate surface area is 176 Å². The third-order valence-corrected chi connectivity index (χ3v) is 8.56. The third kappa shape index (κ3) is 3.40. The Morgan fingerprint density at radius 2 is 2.13 bits per heavy atom. The minimum absolute atomic E-state index is 0.0849. The predicted octanol–water partition coefficient (Wildman–Crippen LogP) is 1.32. The highest BCUT2D eigenvalue weighted by molar-refractivity contribution is 7.98. The maximum Gasteiger partial charge on any atom is 0.417 e. The topological polar surface area (TPSA) is 118 Å². The van der Waals surface area contributed by atoms with Gasteiger partial charge in [0.15, 0.2) is 5.58 Å². The fourth-order valence-corrected chi connectivity index (χ4v) is 6.78. The van der Waals surface area contributed by atoms with Gasteiger partial charge in [-0.25, -0.2) is 17.9 Å². The lowest BCUT2D eigenvalue weighted by molar-refractivity contribution is 0.333. The van der Waals surface area contributed by atoms with Crippen LogP contribution in [-0.4, -0.2) is 45.8 Å². The average Bonchev–Trinajstić information content (AvgIpc) is 3.33. The molecule has 30 heavy (non-hydrogen) atoms. The van der Waals surface area contributed by atoms with Crippen LogP contribution in [-0.2, 0) is 28.7 Å². The SMILES string of the molecule is O=c1[nH]c2cc(S(=O)(=O)N3CCCC3Cn3nc4c(cc3=O)CSCC4)ccc2o1. The van der Waals surface area contributed by atoms with Crippen LogP contribution in [0, 0.1) is 0 Å². The molecule has 1 unspecified atom stereocenters. The van der Waals surface area contributed by atoms with E-state index in [-0.39, 0.29) is 23.0 Å². The number of hydrogen-bond donors (Lipinski definition) is 1. The van der Waals surface area contributed by atoms with Crippen molar-refractivity contribution in [2.45, 2.75) is 42.5 Å². The number of fused-ring (bicyclic) bond motifs is 2. The Bertz CT molecular complexity index is 1340. The van der Waals surface area contributed by atoms with Crippen LogP contribution >= 0.6 is 11.8 Å². The van der Waals surface area contributed by atoms with E-state index in [0.29, 0.717) is 30.5 Å². The van der Waals surface area contributed by atoms with Crippen LogP contribution in [0.4, 0.5) is 0 Å². The molecule has 0 saturated carbocycles. The zero-order chi connectivity index (χ0) is 20.9. The van der Waals surface area contributed by atoms with E-state index < -0.39 is 15.8 Å². The highest BCUT2D eigenvalue weighted by atomic mass is 32.2. The van der Waals surface area contributed by atoms with E-state index in [0.717, 1.165) is 29.2 Å². The summed E-state index contributed by atoms with van der Waals surface area (Å²) in [7, 11) is -3.80. The van der Waals surface area contributed by atoms with E-state index in [4.69, 9.17) is 4.42 Å². The Morgan fingerprint density at radius 1 is 1.27 bits per heavy atom. The number of thioether (sulfide) groups is 1. The molecule has 0 aliphatic carbocycles. The molecule has 11 heteroatoms. The van der Waals surface area contributed by atoms with Gasteiger partial charge in [0.05, 0.1) is 22.7 Å². The van der Waals surface area contributed by atoms with Gasteiger partial charge in [-0.15, -0.1) is 0 Å². The number of aromatic nitrogens is 3. The van der Waals surface area contributed by atoms with Crippen LogP contribution in [0.15, 0.2) is 43.2 Å². The van der Waals surface area contributed by atoms with Gasteiger partial charge in [0, 0.05) is 30.8 Å². The predicted molar refractivity (Wildman–Crippen MR) is 112 cm³/mol. The zero-order valence-electron chi connectivity index (χ0n) is 16.0. The normalized spacial score (nSPS) is 19.9. The van der Waals surface area contributed by atoms with Crippen molar-refractivity contribution in [3.63, 3.8) is 0 Å². The van der Waals surface area contributed by atoms with E-state index in [1.54, 1.807) is 17.8 Å². The standard InChI is InChI=1S/C19H20N4O5S2/c24-18-8-12-11-29-7-5-15(12)21-22(18)10-13-2-1-6-23(13)30(26,27)14-3-4-17-16(9-14)20-19(25)28-17/h3-4,8-9,13H,1-2,5-7,10-11H2,(H,20,25). The summed E-state index contributed by atoms with van der Waals surface area (Å²) in [6.07, 6.45) is 2.19. The average molecular weight is 449 g/mol. The molecule has 1 aromatic carbocycles. The number of nitrogens with one attached hydrogen (secondary N) is 1. The van der Waals surface area contributed by atoms with Crippen LogP contribution in [0.2, 0.25) is 0 Å². The lowest BCUT2D eigenvalue weighted by Gasteiger charge is -2.25. The summed E-state index contributed by atoms with van der Waals surface area (Å²) < 4.78 is 34.4. The van der Waals surface area contributed by atoms with Crippen molar-refractivity contribution in [3.8, 4) is 0 Å². The number of aryl methyl sites for hydroxylation is 1. The first kappa shape index (κ1) is 19.6. The van der Waals surface area contributed by atoms with Crippen LogP contribution in [0.5, 0.6) is 0 Å². The number of rotatable bonds is 4. The number of sulfonamides is 1. The lowest BCUT2D eigenvalue weighted by Crippen LogP contribution is -2.41. The summed E-state index contributed by atoms with van der Waals surface area (Å²) in [5.74, 6) is 1.14. The second-order valence-electron chi connectivity index (χ2n) is 7.52. The first-order valence-electron chi connectivity index (χ1n) is 9.74. The van der Waals surface area contributed by atoms with Gasteiger partial charge in [0.2, 0.25) is 10.0 Å². The van der Waals surface area contributed by atoms with Gasteiger partial charge in [-0.05, 0) is 42.4 Å². The van der Waals surface area contributed by atoms with E-state index >= 15 is 0 Å². The smallest absolute Gasteiger partial charge is 0.408 e. The molecule has 3 aromatic rings. The van der Waals surface area contributed by atoms with Crippen molar-refractivity contribution in [3.05, 3.63) is 56.4 Å². The third-order valence-electron chi connectivity index (χ3n) is 5.61. The maximum absolute atomic E-state index is 13.3. The molecule has 2 aromatic heterocycles. The van der Waals surface area contributed by atoms with Crippen LogP contribution < -0.4 is 11.3 Å². The van der Waals surface area contributed by atoms with Crippen molar-refractivity contribution in [2.24, 2.45) is 0 Å². The maximum atomic E-state index is 13.3. The number of hydrogen-bond acceptors (Lipinski definition) is 7. The minimum Gasteiger partial charge on any atom is -0.408 e. The molecule has 2 aliphatic heterocycles.